The molecule has 0 bridgehead atoms. The van der Waals surface area contributed by atoms with Crippen molar-refractivity contribution in [3.8, 4) is 0 Å². The van der Waals surface area contributed by atoms with E-state index in [0.29, 0.717) is 16.8 Å². The van der Waals surface area contributed by atoms with Crippen molar-refractivity contribution < 1.29 is 9.59 Å². The minimum atomic E-state index is -0.203. The zero-order valence-electron chi connectivity index (χ0n) is 13.8. The molecule has 0 spiro atoms. The zero-order valence-corrected chi connectivity index (χ0v) is 13.8. The van der Waals surface area contributed by atoms with Crippen LogP contribution in [0.5, 0.6) is 0 Å². The number of carbonyl (C=O) groups excluding carboxylic acids is 2. The van der Waals surface area contributed by atoms with Gasteiger partial charge in [0.15, 0.2) is 0 Å². The number of amides is 2. The SMILES string of the molecule is CNC(=O)c1cccc(NC(=O)c2cccc(N(C)C)c2)c1C. The Labute approximate surface area is 136 Å². The topological polar surface area (TPSA) is 61.4 Å². The van der Waals surface area contributed by atoms with Gasteiger partial charge in [0.1, 0.15) is 0 Å². The van der Waals surface area contributed by atoms with E-state index < -0.39 is 0 Å². The maximum absolute atomic E-state index is 12.5. The summed E-state index contributed by atoms with van der Waals surface area (Å²) < 4.78 is 0. The van der Waals surface area contributed by atoms with E-state index in [9.17, 15) is 9.59 Å². The number of hydrogen-bond acceptors (Lipinski definition) is 3. The highest BCUT2D eigenvalue weighted by atomic mass is 16.2. The van der Waals surface area contributed by atoms with Crippen LogP contribution in [-0.4, -0.2) is 33.0 Å². The fourth-order valence-electron chi connectivity index (χ4n) is 2.27. The molecule has 0 fully saturated rings. The monoisotopic (exact) mass is 311 g/mol. The van der Waals surface area contributed by atoms with Crippen molar-refractivity contribution in [1.29, 1.82) is 0 Å². The first-order valence-corrected chi connectivity index (χ1v) is 7.34. The van der Waals surface area contributed by atoms with Crippen LogP contribution in [0.15, 0.2) is 42.5 Å². The predicted molar refractivity (Wildman–Crippen MR) is 93.3 cm³/mol. The Morgan fingerprint density at radius 2 is 1.70 bits per heavy atom. The maximum Gasteiger partial charge on any atom is 0.255 e. The molecule has 2 N–H and O–H groups in total. The second kappa shape index (κ2) is 6.96. The lowest BCUT2D eigenvalue weighted by Gasteiger charge is -2.15. The van der Waals surface area contributed by atoms with Crippen LogP contribution in [0.1, 0.15) is 26.3 Å². The number of anilines is 2. The van der Waals surface area contributed by atoms with E-state index >= 15 is 0 Å². The third-order valence-electron chi connectivity index (χ3n) is 3.68. The first-order valence-electron chi connectivity index (χ1n) is 7.34. The molecule has 0 aliphatic rings. The lowest BCUT2D eigenvalue weighted by molar-refractivity contribution is 0.0960. The maximum atomic E-state index is 12.5. The smallest absolute Gasteiger partial charge is 0.255 e. The summed E-state index contributed by atoms with van der Waals surface area (Å²) in [6.45, 7) is 1.82. The molecule has 0 saturated carbocycles. The number of rotatable bonds is 4. The molecule has 0 radical (unpaired) electrons. The first-order chi connectivity index (χ1) is 10.9. The van der Waals surface area contributed by atoms with Gasteiger partial charge in [-0.15, -0.1) is 0 Å². The molecule has 0 aliphatic heterocycles. The number of benzene rings is 2. The minimum Gasteiger partial charge on any atom is -0.378 e. The fraction of sp³-hybridized carbons (Fsp3) is 0.222. The van der Waals surface area contributed by atoms with Crippen LogP contribution in [0.25, 0.3) is 0 Å². The summed E-state index contributed by atoms with van der Waals surface area (Å²) in [5, 5.41) is 5.47. The molecule has 5 heteroatoms. The zero-order chi connectivity index (χ0) is 17.0. The number of carbonyl (C=O) groups is 2. The Kier molecular flexibility index (Phi) is 5.01. The van der Waals surface area contributed by atoms with Crippen molar-refractivity contribution in [2.24, 2.45) is 0 Å². The Balaban J connectivity index is 2.27. The van der Waals surface area contributed by atoms with Crippen LogP contribution in [0.2, 0.25) is 0 Å². The Morgan fingerprint density at radius 1 is 1.00 bits per heavy atom. The Bertz CT molecular complexity index is 739. The normalized spacial score (nSPS) is 10.1. The lowest BCUT2D eigenvalue weighted by atomic mass is 10.1. The molecule has 2 aromatic rings. The number of nitrogens with zero attached hydrogens (tertiary/aromatic N) is 1. The van der Waals surface area contributed by atoms with E-state index in [2.05, 4.69) is 10.6 Å². The molecule has 2 rings (SSSR count). The van der Waals surface area contributed by atoms with E-state index in [1.807, 2.05) is 44.1 Å². The molecule has 0 unspecified atom stereocenters. The van der Waals surface area contributed by atoms with Crippen molar-refractivity contribution >= 4 is 23.2 Å². The van der Waals surface area contributed by atoms with Gasteiger partial charge in [0.05, 0.1) is 0 Å². The summed E-state index contributed by atoms with van der Waals surface area (Å²) in [6, 6.07) is 12.6. The van der Waals surface area contributed by atoms with Gasteiger partial charge in [0.2, 0.25) is 0 Å². The first kappa shape index (κ1) is 16.5. The van der Waals surface area contributed by atoms with Crippen LogP contribution in [0.3, 0.4) is 0 Å². The van der Waals surface area contributed by atoms with Crippen LogP contribution in [0.4, 0.5) is 11.4 Å². The van der Waals surface area contributed by atoms with Gasteiger partial charge in [0.25, 0.3) is 11.8 Å². The molecular formula is C18H21N3O2. The second-order valence-electron chi connectivity index (χ2n) is 5.46. The van der Waals surface area contributed by atoms with Crippen LogP contribution < -0.4 is 15.5 Å². The molecular weight excluding hydrogens is 290 g/mol. The third kappa shape index (κ3) is 3.69. The van der Waals surface area contributed by atoms with Gasteiger partial charge >= 0.3 is 0 Å². The summed E-state index contributed by atoms with van der Waals surface area (Å²) >= 11 is 0. The van der Waals surface area contributed by atoms with Crippen molar-refractivity contribution in [3.05, 3.63) is 59.2 Å². The van der Waals surface area contributed by atoms with E-state index in [1.54, 1.807) is 31.3 Å². The average Bonchev–Trinajstić information content (AvgIpc) is 2.56. The highest BCUT2D eigenvalue weighted by Gasteiger charge is 2.13. The standard InChI is InChI=1S/C18H21N3O2/c1-12-15(18(23)19-2)9-6-10-16(12)20-17(22)13-7-5-8-14(11-13)21(3)4/h5-11H,1-4H3,(H,19,23)(H,20,22). The molecule has 0 atom stereocenters. The molecule has 0 aromatic heterocycles. The van der Waals surface area contributed by atoms with Crippen molar-refractivity contribution in [1.82, 2.24) is 5.32 Å². The summed E-state index contributed by atoms with van der Waals surface area (Å²) in [5.41, 5.74) is 3.44. The molecule has 5 nitrogen and oxygen atoms in total. The molecule has 120 valence electrons. The van der Waals surface area contributed by atoms with Gasteiger partial charge in [-0.25, -0.2) is 0 Å². The van der Waals surface area contributed by atoms with Gasteiger partial charge in [-0.3, -0.25) is 9.59 Å². The molecule has 0 saturated heterocycles. The molecule has 2 aromatic carbocycles. The number of hydrogen-bond donors (Lipinski definition) is 2. The molecule has 23 heavy (non-hydrogen) atoms. The second-order valence-corrected chi connectivity index (χ2v) is 5.46. The highest BCUT2D eigenvalue weighted by Crippen LogP contribution is 2.21. The van der Waals surface area contributed by atoms with Crippen molar-refractivity contribution in [3.63, 3.8) is 0 Å². The van der Waals surface area contributed by atoms with E-state index in [1.165, 1.54) is 0 Å². The highest BCUT2D eigenvalue weighted by molar-refractivity contribution is 6.06. The summed E-state index contributed by atoms with van der Waals surface area (Å²) in [5.74, 6) is -0.376. The van der Waals surface area contributed by atoms with Crippen LogP contribution in [-0.2, 0) is 0 Å². The third-order valence-corrected chi connectivity index (χ3v) is 3.68. The van der Waals surface area contributed by atoms with Gasteiger partial charge in [-0.2, -0.15) is 0 Å². The minimum absolute atomic E-state index is 0.173. The number of nitrogens with one attached hydrogen (secondary N) is 2. The summed E-state index contributed by atoms with van der Waals surface area (Å²) in [7, 11) is 5.43. The van der Waals surface area contributed by atoms with Crippen LogP contribution in [0, 0.1) is 6.92 Å². The van der Waals surface area contributed by atoms with E-state index in [0.717, 1.165) is 11.3 Å². The Morgan fingerprint density at radius 3 is 2.35 bits per heavy atom. The van der Waals surface area contributed by atoms with E-state index in [-0.39, 0.29) is 11.8 Å². The molecule has 0 aliphatic carbocycles. The fourth-order valence-corrected chi connectivity index (χ4v) is 2.27. The largest absolute Gasteiger partial charge is 0.378 e. The van der Waals surface area contributed by atoms with Gasteiger partial charge < -0.3 is 15.5 Å². The van der Waals surface area contributed by atoms with Gasteiger partial charge in [-0.05, 0) is 42.8 Å². The molecule has 0 heterocycles. The van der Waals surface area contributed by atoms with Crippen molar-refractivity contribution in [2.75, 3.05) is 31.4 Å². The summed E-state index contributed by atoms with van der Waals surface area (Å²) in [6.07, 6.45) is 0. The molecule has 2 amide bonds. The van der Waals surface area contributed by atoms with Gasteiger partial charge in [-0.1, -0.05) is 12.1 Å². The van der Waals surface area contributed by atoms with Gasteiger partial charge in [0, 0.05) is 43.6 Å². The van der Waals surface area contributed by atoms with Crippen molar-refractivity contribution in [2.45, 2.75) is 6.92 Å². The van der Waals surface area contributed by atoms with Crippen LogP contribution >= 0.6 is 0 Å². The Hall–Kier alpha value is -2.82. The quantitative estimate of drug-likeness (QED) is 0.912. The predicted octanol–water partition coefficient (Wildman–Crippen LogP) is 2.67. The van der Waals surface area contributed by atoms with E-state index in [4.69, 9.17) is 0 Å². The average molecular weight is 311 g/mol. The lowest BCUT2D eigenvalue weighted by Crippen LogP contribution is -2.20. The summed E-state index contributed by atoms with van der Waals surface area (Å²) in [4.78, 5) is 26.2.